The van der Waals surface area contributed by atoms with Crippen LogP contribution in [0.4, 0.5) is 0 Å². The number of carbonyl (C=O) groups excluding carboxylic acids is 1. The third-order valence-corrected chi connectivity index (χ3v) is 3.79. The first-order chi connectivity index (χ1) is 7.70. The van der Waals surface area contributed by atoms with E-state index in [1.165, 1.54) is 6.26 Å². The van der Waals surface area contributed by atoms with Crippen molar-refractivity contribution in [3.05, 3.63) is 0 Å². The van der Waals surface area contributed by atoms with Crippen LogP contribution in [0.1, 0.15) is 27.2 Å². The Balaban J connectivity index is 2.67. The average molecular weight is 262 g/mol. The number of hydrogen-bond donors (Lipinski definition) is 1. The SMILES string of the molecule is CC(C)CC1NC(C)C(=O)N1CCS(C)(=O)=O. The summed E-state index contributed by atoms with van der Waals surface area (Å²) in [4.78, 5) is 13.5. The third kappa shape index (κ3) is 4.27. The summed E-state index contributed by atoms with van der Waals surface area (Å²) in [6, 6.07) is -0.210. The van der Waals surface area contributed by atoms with Gasteiger partial charge in [-0.25, -0.2) is 8.42 Å². The van der Waals surface area contributed by atoms with E-state index in [9.17, 15) is 13.2 Å². The second kappa shape index (κ2) is 5.35. The molecule has 2 unspecified atom stereocenters. The molecule has 0 radical (unpaired) electrons. The zero-order valence-corrected chi connectivity index (χ0v) is 11.8. The third-order valence-electron chi connectivity index (χ3n) is 2.87. The molecule has 1 fully saturated rings. The van der Waals surface area contributed by atoms with Gasteiger partial charge in [0, 0.05) is 12.8 Å². The minimum absolute atomic E-state index is 0.000648. The summed E-state index contributed by atoms with van der Waals surface area (Å²) in [6.45, 7) is 6.27. The Morgan fingerprint density at radius 1 is 1.41 bits per heavy atom. The molecule has 1 rings (SSSR count). The van der Waals surface area contributed by atoms with Gasteiger partial charge in [-0.3, -0.25) is 10.1 Å². The van der Waals surface area contributed by atoms with Crippen LogP contribution in [-0.4, -0.2) is 50.0 Å². The number of sulfone groups is 1. The molecule has 17 heavy (non-hydrogen) atoms. The zero-order chi connectivity index (χ0) is 13.2. The van der Waals surface area contributed by atoms with E-state index in [1.54, 1.807) is 4.90 Å². The lowest BCUT2D eigenvalue weighted by Gasteiger charge is -2.25. The van der Waals surface area contributed by atoms with Crippen LogP contribution in [0, 0.1) is 5.92 Å². The maximum absolute atomic E-state index is 11.9. The second-order valence-electron chi connectivity index (χ2n) is 5.20. The van der Waals surface area contributed by atoms with Crippen molar-refractivity contribution in [1.82, 2.24) is 10.2 Å². The molecule has 1 N–H and O–H groups in total. The molecule has 1 aliphatic heterocycles. The van der Waals surface area contributed by atoms with E-state index in [-0.39, 0.29) is 30.4 Å². The Morgan fingerprint density at radius 2 is 2.00 bits per heavy atom. The Hall–Kier alpha value is -0.620. The molecule has 1 aliphatic rings. The predicted octanol–water partition coefficient (Wildman–Crippen LogP) is 0.224. The zero-order valence-electron chi connectivity index (χ0n) is 10.9. The lowest BCUT2D eigenvalue weighted by atomic mass is 10.1. The standard InChI is InChI=1S/C11H22N2O3S/c1-8(2)7-10-12-9(3)11(14)13(10)5-6-17(4,15)16/h8-10,12H,5-7H2,1-4H3. The minimum atomic E-state index is -3.03. The molecule has 100 valence electrons. The Bertz CT molecular complexity index is 378. The number of nitrogens with one attached hydrogen (secondary N) is 1. The van der Waals surface area contributed by atoms with Crippen LogP contribution in [0.15, 0.2) is 0 Å². The monoisotopic (exact) mass is 262 g/mol. The van der Waals surface area contributed by atoms with Crippen LogP contribution in [0.5, 0.6) is 0 Å². The summed E-state index contributed by atoms with van der Waals surface area (Å²) in [5.74, 6) is 0.493. The van der Waals surface area contributed by atoms with Gasteiger partial charge in [0.1, 0.15) is 9.84 Å². The van der Waals surface area contributed by atoms with Gasteiger partial charge >= 0.3 is 0 Å². The first kappa shape index (κ1) is 14.4. The maximum atomic E-state index is 11.9. The van der Waals surface area contributed by atoms with Crippen LogP contribution < -0.4 is 5.32 Å². The van der Waals surface area contributed by atoms with Gasteiger partial charge < -0.3 is 4.90 Å². The summed E-state index contributed by atoms with van der Waals surface area (Å²) in [5, 5.41) is 3.20. The molecule has 0 bridgehead atoms. The van der Waals surface area contributed by atoms with Crippen LogP contribution in [0.2, 0.25) is 0 Å². The number of hydrogen-bond acceptors (Lipinski definition) is 4. The minimum Gasteiger partial charge on any atom is -0.325 e. The lowest BCUT2D eigenvalue weighted by Crippen LogP contribution is -2.40. The van der Waals surface area contributed by atoms with E-state index in [0.29, 0.717) is 5.92 Å². The molecule has 0 spiro atoms. The van der Waals surface area contributed by atoms with Gasteiger partial charge in [0.2, 0.25) is 5.91 Å². The number of amides is 1. The fourth-order valence-electron chi connectivity index (χ4n) is 2.02. The van der Waals surface area contributed by atoms with E-state index in [2.05, 4.69) is 19.2 Å². The highest BCUT2D eigenvalue weighted by Crippen LogP contribution is 2.17. The molecular weight excluding hydrogens is 240 g/mol. The van der Waals surface area contributed by atoms with E-state index < -0.39 is 9.84 Å². The molecule has 6 heteroatoms. The molecule has 0 aliphatic carbocycles. The van der Waals surface area contributed by atoms with Gasteiger partial charge in [0.05, 0.1) is 18.0 Å². The van der Waals surface area contributed by atoms with Crippen molar-refractivity contribution in [3.63, 3.8) is 0 Å². The number of rotatable bonds is 5. The quantitative estimate of drug-likeness (QED) is 0.770. The molecule has 1 heterocycles. The first-order valence-corrected chi connectivity index (χ1v) is 8.01. The summed E-state index contributed by atoms with van der Waals surface area (Å²) in [7, 11) is -3.03. The molecule has 0 aromatic rings. The molecule has 0 aromatic carbocycles. The van der Waals surface area contributed by atoms with Crippen LogP contribution in [-0.2, 0) is 14.6 Å². The van der Waals surface area contributed by atoms with Gasteiger partial charge in [-0.1, -0.05) is 13.8 Å². The van der Waals surface area contributed by atoms with Gasteiger partial charge in [0.15, 0.2) is 0 Å². The molecule has 1 saturated heterocycles. The van der Waals surface area contributed by atoms with Gasteiger partial charge in [0.25, 0.3) is 0 Å². The smallest absolute Gasteiger partial charge is 0.240 e. The maximum Gasteiger partial charge on any atom is 0.240 e. The van der Waals surface area contributed by atoms with Crippen molar-refractivity contribution in [2.45, 2.75) is 39.4 Å². The topological polar surface area (TPSA) is 66.5 Å². The van der Waals surface area contributed by atoms with Gasteiger partial charge in [-0.15, -0.1) is 0 Å². The number of nitrogens with zero attached hydrogens (tertiary/aromatic N) is 1. The van der Waals surface area contributed by atoms with Gasteiger partial charge in [-0.2, -0.15) is 0 Å². The van der Waals surface area contributed by atoms with Crippen molar-refractivity contribution in [1.29, 1.82) is 0 Å². The van der Waals surface area contributed by atoms with E-state index in [0.717, 1.165) is 6.42 Å². The summed E-state index contributed by atoms with van der Waals surface area (Å²) in [6.07, 6.45) is 2.01. The molecule has 1 amide bonds. The highest BCUT2D eigenvalue weighted by Gasteiger charge is 2.36. The predicted molar refractivity (Wildman–Crippen MR) is 67.3 cm³/mol. The molecule has 0 aromatic heterocycles. The van der Waals surface area contributed by atoms with E-state index in [4.69, 9.17) is 0 Å². The highest BCUT2D eigenvalue weighted by atomic mass is 32.2. The van der Waals surface area contributed by atoms with Crippen LogP contribution >= 0.6 is 0 Å². The lowest BCUT2D eigenvalue weighted by molar-refractivity contribution is -0.129. The van der Waals surface area contributed by atoms with Crippen molar-refractivity contribution in [2.24, 2.45) is 5.92 Å². The van der Waals surface area contributed by atoms with Crippen LogP contribution in [0.25, 0.3) is 0 Å². The second-order valence-corrected chi connectivity index (χ2v) is 7.45. The average Bonchev–Trinajstić information content (AvgIpc) is 2.38. The van der Waals surface area contributed by atoms with E-state index >= 15 is 0 Å². The summed E-state index contributed by atoms with van der Waals surface area (Å²) < 4.78 is 22.3. The molecule has 5 nitrogen and oxygen atoms in total. The van der Waals surface area contributed by atoms with E-state index in [1.807, 2.05) is 6.92 Å². The summed E-state index contributed by atoms with van der Waals surface area (Å²) in [5.41, 5.74) is 0. The normalized spacial score (nSPS) is 25.9. The Labute approximate surface area is 103 Å². The first-order valence-electron chi connectivity index (χ1n) is 5.95. The number of carbonyl (C=O) groups is 1. The van der Waals surface area contributed by atoms with Crippen molar-refractivity contribution >= 4 is 15.7 Å². The van der Waals surface area contributed by atoms with Crippen LogP contribution in [0.3, 0.4) is 0 Å². The van der Waals surface area contributed by atoms with Gasteiger partial charge in [-0.05, 0) is 19.3 Å². The largest absolute Gasteiger partial charge is 0.325 e. The molecule has 0 saturated carbocycles. The fraction of sp³-hybridized carbons (Fsp3) is 0.909. The fourth-order valence-corrected chi connectivity index (χ4v) is 2.55. The van der Waals surface area contributed by atoms with Crippen molar-refractivity contribution < 1.29 is 13.2 Å². The highest BCUT2D eigenvalue weighted by molar-refractivity contribution is 7.90. The molecular formula is C11H22N2O3S. The Kier molecular flexibility index (Phi) is 4.55. The molecule has 2 atom stereocenters. The Morgan fingerprint density at radius 3 is 2.47 bits per heavy atom. The van der Waals surface area contributed by atoms with Crippen molar-refractivity contribution in [2.75, 3.05) is 18.6 Å². The van der Waals surface area contributed by atoms with Crippen molar-refractivity contribution in [3.8, 4) is 0 Å². The summed E-state index contributed by atoms with van der Waals surface area (Å²) >= 11 is 0.